The van der Waals surface area contributed by atoms with Gasteiger partial charge in [-0.2, -0.15) is 5.10 Å². The molecule has 0 aliphatic rings. The Morgan fingerprint density at radius 1 is 1.47 bits per heavy atom. The quantitative estimate of drug-likeness (QED) is 0.662. The monoisotopic (exact) mass is 279 g/mol. The Labute approximate surface area is 117 Å². The third-order valence-electron chi connectivity index (χ3n) is 3.32. The molecule has 0 fully saturated rings. The first-order valence-electron chi connectivity index (χ1n) is 6.09. The highest BCUT2D eigenvalue weighted by molar-refractivity contribution is 6.31. The standard InChI is InChI=1S/C13H18ClN5/c1-8-4-5-16-7-10(8)11(17-15)6-12-13(14)9(2)18-19(12)3/h4-5,7,11,17H,6,15H2,1-3H3. The number of hydrogen-bond acceptors (Lipinski definition) is 4. The first-order valence-corrected chi connectivity index (χ1v) is 6.47. The van der Waals surface area contributed by atoms with Gasteiger partial charge in [0.15, 0.2) is 0 Å². The van der Waals surface area contributed by atoms with Crippen molar-refractivity contribution in [1.82, 2.24) is 20.2 Å². The summed E-state index contributed by atoms with van der Waals surface area (Å²) in [4.78, 5) is 4.16. The SMILES string of the molecule is Cc1ccncc1C(Cc1c(Cl)c(C)nn1C)NN. The molecule has 0 aliphatic heterocycles. The van der Waals surface area contributed by atoms with Crippen molar-refractivity contribution in [1.29, 1.82) is 0 Å². The van der Waals surface area contributed by atoms with E-state index in [4.69, 9.17) is 17.4 Å². The largest absolute Gasteiger partial charge is 0.271 e. The Bertz CT molecular complexity index is 578. The van der Waals surface area contributed by atoms with E-state index in [1.807, 2.05) is 33.2 Å². The molecule has 0 bridgehead atoms. The van der Waals surface area contributed by atoms with E-state index in [0.29, 0.717) is 11.4 Å². The highest BCUT2D eigenvalue weighted by atomic mass is 35.5. The summed E-state index contributed by atoms with van der Waals surface area (Å²) in [6.07, 6.45) is 4.27. The number of nitrogens with zero attached hydrogens (tertiary/aromatic N) is 3. The van der Waals surface area contributed by atoms with E-state index in [1.54, 1.807) is 10.9 Å². The summed E-state index contributed by atoms with van der Waals surface area (Å²) in [7, 11) is 1.89. The van der Waals surface area contributed by atoms with Crippen molar-refractivity contribution in [3.8, 4) is 0 Å². The van der Waals surface area contributed by atoms with Crippen molar-refractivity contribution >= 4 is 11.6 Å². The molecule has 2 rings (SSSR count). The summed E-state index contributed by atoms with van der Waals surface area (Å²) in [6.45, 7) is 3.93. The van der Waals surface area contributed by atoms with Crippen LogP contribution in [0.15, 0.2) is 18.5 Å². The summed E-state index contributed by atoms with van der Waals surface area (Å²) in [5, 5.41) is 5.01. The first-order chi connectivity index (χ1) is 9.04. The van der Waals surface area contributed by atoms with Crippen LogP contribution in [0.2, 0.25) is 5.02 Å². The van der Waals surface area contributed by atoms with E-state index in [2.05, 4.69) is 15.5 Å². The van der Waals surface area contributed by atoms with Gasteiger partial charge in [-0.25, -0.2) is 0 Å². The molecule has 0 saturated carbocycles. The van der Waals surface area contributed by atoms with E-state index in [9.17, 15) is 0 Å². The van der Waals surface area contributed by atoms with Crippen LogP contribution in [0.3, 0.4) is 0 Å². The zero-order valence-corrected chi connectivity index (χ0v) is 12.1. The van der Waals surface area contributed by atoms with E-state index >= 15 is 0 Å². The van der Waals surface area contributed by atoms with Crippen LogP contribution in [-0.4, -0.2) is 14.8 Å². The molecule has 0 aliphatic carbocycles. The van der Waals surface area contributed by atoms with Gasteiger partial charge < -0.3 is 0 Å². The van der Waals surface area contributed by atoms with E-state index < -0.39 is 0 Å². The molecule has 5 nitrogen and oxygen atoms in total. The fraction of sp³-hybridized carbons (Fsp3) is 0.385. The van der Waals surface area contributed by atoms with Gasteiger partial charge in [-0.3, -0.25) is 20.9 Å². The molecular weight excluding hydrogens is 262 g/mol. The smallest absolute Gasteiger partial charge is 0.0847 e. The summed E-state index contributed by atoms with van der Waals surface area (Å²) in [6, 6.07) is 1.93. The van der Waals surface area contributed by atoms with Crippen LogP contribution in [0, 0.1) is 13.8 Å². The lowest BCUT2D eigenvalue weighted by Gasteiger charge is -2.18. The minimum absolute atomic E-state index is 0.0407. The van der Waals surface area contributed by atoms with Crippen LogP contribution in [0.4, 0.5) is 0 Å². The molecular formula is C13H18ClN5. The molecule has 0 saturated heterocycles. The average Bonchev–Trinajstić information content (AvgIpc) is 2.63. The van der Waals surface area contributed by atoms with Gasteiger partial charge in [0.2, 0.25) is 0 Å². The van der Waals surface area contributed by atoms with Gasteiger partial charge in [-0.1, -0.05) is 11.6 Å². The number of rotatable bonds is 4. The van der Waals surface area contributed by atoms with Crippen molar-refractivity contribution in [2.75, 3.05) is 0 Å². The van der Waals surface area contributed by atoms with E-state index in [1.165, 1.54) is 0 Å². The topological polar surface area (TPSA) is 68.8 Å². The molecule has 2 aromatic heterocycles. The van der Waals surface area contributed by atoms with Crippen LogP contribution in [0.25, 0.3) is 0 Å². The lowest BCUT2D eigenvalue weighted by atomic mass is 10.00. The third-order valence-corrected chi connectivity index (χ3v) is 3.81. The Morgan fingerprint density at radius 3 is 2.74 bits per heavy atom. The van der Waals surface area contributed by atoms with Crippen molar-refractivity contribution < 1.29 is 0 Å². The van der Waals surface area contributed by atoms with Crippen LogP contribution < -0.4 is 11.3 Å². The van der Waals surface area contributed by atoms with Crippen LogP contribution >= 0.6 is 11.6 Å². The minimum Gasteiger partial charge on any atom is -0.271 e. The van der Waals surface area contributed by atoms with Gasteiger partial charge in [0.1, 0.15) is 0 Å². The fourth-order valence-electron chi connectivity index (χ4n) is 2.19. The second-order valence-corrected chi connectivity index (χ2v) is 5.00. The summed E-state index contributed by atoms with van der Waals surface area (Å²) in [5.41, 5.74) is 6.84. The molecule has 1 atom stereocenters. The molecule has 1 unspecified atom stereocenters. The number of aromatic nitrogens is 3. The summed E-state index contributed by atoms with van der Waals surface area (Å²) in [5.74, 6) is 5.68. The third kappa shape index (κ3) is 2.78. The molecule has 19 heavy (non-hydrogen) atoms. The number of pyridine rings is 1. The van der Waals surface area contributed by atoms with Gasteiger partial charge in [0.25, 0.3) is 0 Å². The molecule has 0 spiro atoms. The van der Waals surface area contributed by atoms with Gasteiger partial charge >= 0.3 is 0 Å². The molecule has 0 radical (unpaired) electrons. The maximum atomic E-state index is 6.27. The number of nitrogens with two attached hydrogens (primary N) is 1. The Kier molecular flexibility index (Phi) is 4.19. The predicted molar refractivity (Wildman–Crippen MR) is 75.7 cm³/mol. The maximum absolute atomic E-state index is 6.27. The Hall–Kier alpha value is -1.43. The second kappa shape index (κ2) is 5.69. The number of nitrogens with one attached hydrogen (secondary N) is 1. The van der Waals surface area contributed by atoms with Gasteiger partial charge in [-0.05, 0) is 31.0 Å². The zero-order chi connectivity index (χ0) is 14.0. The minimum atomic E-state index is -0.0407. The van der Waals surface area contributed by atoms with Crippen LogP contribution in [-0.2, 0) is 13.5 Å². The molecule has 3 N–H and O–H groups in total. The second-order valence-electron chi connectivity index (χ2n) is 4.63. The number of halogens is 1. The first kappa shape index (κ1) is 14.0. The lowest BCUT2D eigenvalue weighted by Crippen LogP contribution is -2.30. The highest BCUT2D eigenvalue weighted by Crippen LogP contribution is 2.26. The Morgan fingerprint density at radius 2 is 2.21 bits per heavy atom. The molecule has 0 amide bonds. The number of hydrazine groups is 1. The molecule has 0 aromatic carbocycles. The lowest BCUT2D eigenvalue weighted by molar-refractivity contribution is 0.526. The summed E-state index contributed by atoms with van der Waals surface area (Å²) < 4.78 is 1.80. The van der Waals surface area contributed by atoms with Crippen LogP contribution in [0.1, 0.15) is 28.6 Å². The maximum Gasteiger partial charge on any atom is 0.0847 e. The normalized spacial score (nSPS) is 12.7. The zero-order valence-electron chi connectivity index (χ0n) is 11.3. The average molecular weight is 280 g/mol. The van der Waals surface area contributed by atoms with Crippen molar-refractivity contribution in [3.05, 3.63) is 46.0 Å². The van der Waals surface area contributed by atoms with E-state index in [0.717, 1.165) is 22.5 Å². The fourth-order valence-corrected chi connectivity index (χ4v) is 2.43. The molecule has 2 aromatic rings. The number of hydrogen-bond donors (Lipinski definition) is 2. The highest BCUT2D eigenvalue weighted by Gasteiger charge is 2.19. The van der Waals surface area contributed by atoms with Gasteiger partial charge in [-0.15, -0.1) is 0 Å². The van der Waals surface area contributed by atoms with Crippen molar-refractivity contribution in [2.24, 2.45) is 12.9 Å². The van der Waals surface area contributed by atoms with Gasteiger partial charge in [0, 0.05) is 25.9 Å². The number of aryl methyl sites for hydroxylation is 3. The Balaban J connectivity index is 2.32. The van der Waals surface area contributed by atoms with Gasteiger partial charge in [0.05, 0.1) is 22.5 Å². The predicted octanol–water partition coefficient (Wildman–Crippen LogP) is 1.83. The van der Waals surface area contributed by atoms with Crippen LogP contribution in [0.5, 0.6) is 0 Å². The van der Waals surface area contributed by atoms with E-state index in [-0.39, 0.29) is 6.04 Å². The molecule has 6 heteroatoms. The molecule has 2 heterocycles. The summed E-state index contributed by atoms with van der Waals surface area (Å²) >= 11 is 6.27. The van der Waals surface area contributed by atoms with Crippen molar-refractivity contribution in [3.63, 3.8) is 0 Å². The molecule has 102 valence electrons. The van der Waals surface area contributed by atoms with Crippen molar-refractivity contribution in [2.45, 2.75) is 26.3 Å².